The average Bonchev–Trinajstić information content (AvgIpc) is 2.48. The highest BCUT2D eigenvalue weighted by Gasteiger charge is 2.32. The Balaban J connectivity index is 2.55. The van der Waals surface area contributed by atoms with Gasteiger partial charge in [-0.2, -0.15) is 0 Å². The number of esters is 1. The maximum absolute atomic E-state index is 11.1. The molecule has 0 bridgehead atoms. The maximum atomic E-state index is 11.1. The third-order valence-corrected chi connectivity index (χ3v) is 2.58. The Labute approximate surface area is 84.7 Å². The van der Waals surface area contributed by atoms with E-state index >= 15 is 0 Å². The second-order valence-corrected chi connectivity index (χ2v) is 3.62. The highest BCUT2D eigenvalue weighted by atomic mass is 32.2. The van der Waals surface area contributed by atoms with E-state index in [1.807, 2.05) is 0 Å². The lowest BCUT2D eigenvalue weighted by atomic mass is 10.3. The molecule has 0 aliphatic carbocycles. The minimum absolute atomic E-state index is 0.114. The van der Waals surface area contributed by atoms with E-state index in [-0.39, 0.29) is 23.4 Å². The smallest absolute Gasteiger partial charge is 0.324 e. The predicted octanol–water partition coefficient (Wildman–Crippen LogP) is -0.818. The number of ether oxygens (including phenoxy) is 1. The van der Waals surface area contributed by atoms with Crippen LogP contribution in [0.5, 0.6) is 0 Å². The molecule has 6 nitrogen and oxygen atoms in total. The molecule has 0 spiro atoms. The van der Waals surface area contributed by atoms with Gasteiger partial charge in [0, 0.05) is 0 Å². The fraction of sp³-hybridized carbons (Fsp3) is 0.571. The fourth-order valence-corrected chi connectivity index (χ4v) is 1.72. The SMILES string of the molecule is COC(=O)[C@H](N)CN1C(=O)CSC1=O. The van der Waals surface area contributed by atoms with Crippen LogP contribution in [0.4, 0.5) is 4.79 Å². The molecule has 0 radical (unpaired) electrons. The van der Waals surface area contributed by atoms with Crippen molar-refractivity contribution in [3.8, 4) is 0 Å². The molecule has 1 aliphatic heterocycles. The molecule has 1 fully saturated rings. The third-order valence-electron chi connectivity index (χ3n) is 1.72. The van der Waals surface area contributed by atoms with E-state index in [0.29, 0.717) is 0 Å². The second kappa shape index (κ2) is 4.43. The van der Waals surface area contributed by atoms with Crippen LogP contribution in [0.3, 0.4) is 0 Å². The van der Waals surface area contributed by atoms with Crippen molar-refractivity contribution in [2.45, 2.75) is 6.04 Å². The lowest BCUT2D eigenvalue weighted by Crippen LogP contribution is -2.45. The van der Waals surface area contributed by atoms with Gasteiger partial charge in [0.05, 0.1) is 19.4 Å². The summed E-state index contributed by atoms with van der Waals surface area (Å²) in [6, 6.07) is -0.966. The van der Waals surface area contributed by atoms with Crippen LogP contribution in [-0.2, 0) is 14.3 Å². The number of nitrogens with zero attached hydrogens (tertiary/aromatic N) is 1. The van der Waals surface area contributed by atoms with Gasteiger partial charge in [0.15, 0.2) is 0 Å². The molecule has 78 valence electrons. The Morgan fingerprint density at radius 3 is 2.79 bits per heavy atom. The van der Waals surface area contributed by atoms with Crippen LogP contribution in [0.25, 0.3) is 0 Å². The van der Waals surface area contributed by atoms with Gasteiger partial charge in [-0.05, 0) is 0 Å². The summed E-state index contributed by atoms with van der Waals surface area (Å²) in [6.07, 6.45) is 0. The van der Waals surface area contributed by atoms with Gasteiger partial charge in [0.1, 0.15) is 6.04 Å². The molecule has 1 atom stereocenters. The summed E-state index contributed by atoms with van der Waals surface area (Å²) >= 11 is 0.905. The van der Waals surface area contributed by atoms with Crippen LogP contribution in [0.15, 0.2) is 0 Å². The molecular weight excluding hydrogens is 208 g/mol. The summed E-state index contributed by atoms with van der Waals surface area (Å²) in [6.45, 7) is -0.114. The van der Waals surface area contributed by atoms with Crippen LogP contribution in [0.1, 0.15) is 0 Å². The minimum atomic E-state index is -0.966. The molecule has 1 aliphatic rings. The van der Waals surface area contributed by atoms with Crippen molar-refractivity contribution in [2.24, 2.45) is 5.73 Å². The molecule has 0 unspecified atom stereocenters. The number of carbonyl (C=O) groups excluding carboxylic acids is 3. The zero-order valence-electron chi connectivity index (χ0n) is 7.56. The predicted molar refractivity (Wildman–Crippen MR) is 49.6 cm³/mol. The molecule has 14 heavy (non-hydrogen) atoms. The highest BCUT2D eigenvalue weighted by molar-refractivity contribution is 8.14. The topological polar surface area (TPSA) is 89.7 Å². The van der Waals surface area contributed by atoms with Gasteiger partial charge in [-0.1, -0.05) is 11.8 Å². The van der Waals surface area contributed by atoms with E-state index < -0.39 is 12.0 Å². The molecule has 2 amide bonds. The average molecular weight is 218 g/mol. The summed E-state index contributed by atoms with van der Waals surface area (Å²) < 4.78 is 4.37. The van der Waals surface area contributed by atoms with Gasteiger partial charge >= 0.3 is 5.97 Å². The first-order valence-electron chi connectivity index (χ1n) is 3.86. The number of amides is 2. The third kappa shape index (κ3) is 2.24. The molecule has 0 aromatic carbocycles. The van der Waals surface area contributed by atoms with Gasteiger partial charge < -0.3 is 10.5 Å². The zero-order chi connectivity index (χ0) is 10.7. The Hall–Kier alpha value is -1.08. The number of methoxy groups -OCH3 is 1. The maximum Gasteiger partial charge on any atom is 0.324 e. The van der Waals surface area contributed by atoms with Crippen LogP contribution >= 0.6 is 11.8 Å². The van der Waals surface area contributed by atoms with Crippen LogP contribution in [0, 0.1) is 0 Å². The summed E-state index contributed by atoms with van der Waals surface area (Å²) in [5, 5.41) is -0.366. The van der Waals surface area contributed by atoms with Crippen molar-refractivity contribution < 1.29 is 19.1 Å². The highest BCUT2D eigenvalue weighted by Crippen LogP contribution is 2.18. The molecule has 7 heteroatoms. The van der Waals surface area contributed by atoms with E-state index in [1.54, 1.807) is 0 Å². The van der Waals surface area contributed by atoms with Crippen LogP contribution in [0.2, 0.25) is 0 Å². The van der Waals surface area contributed by atoms with Crippen molar-refractivity contribution >= 4 is 28.9 Å². The van der Waals surface area contributed by atoms with Crippen molar-refractivity contribution in [2.75, 3.05) is 19.4 Å². The first kappa shape index (κ1) is 11.0. The fourth-order valence-electron chi connectivity index (χ4n) is 0.980. The van der Waals surface area contributed by atoms with Gasteiger partial charge in [0.2, 0.25) is 5.91 Å². The molecule has 1 saturated heterocycles. The standard InChI is InChI=1S/C7H10N2O4S/c1-13-6(11)4(8)2-9-5(10)3-14-7(9)12/h4H,2-3,8H2,1H3/t4-/m1/s1. The Morgan fingerprint density at radius 2 is 2.36 bits per heavy atom. The lowest BCUT2D eigenvalue weighted by Gasteiger charge is -2.16. The van der Waals surface area contributed by atoms with Crippen molar-refractivity contribution in [1.29, 1.82) is 0 Å². The summed E-state index contributed by atoms with van der Waals surface area (Å²) in [4.78, 5) is 34.1. The number of nitrogens with two attached hydrogens (primary N) is 1. The van der Waals surface area contributed by atoms with Gasteiger partial charge in [-0.25, -0.2) is 0 Å². The molecular formula is C7H10N2O4S. The number of imide groups is 1. The van der Waals surface area contributed by atoms with E-state index in [0.717, 1.165) is 16.7 Å². The quantitative estimate of drug-likeness (QED) is 0.622. The van der Waals surface area contributed by atoms with E-state index in [2.05, 4.69) is 4.74 Å². The largest absolute Gasteiger partial charge is 0.468 e. The minimum Gasteiger partial charge on any atom is -0.468 e. The Morgan fingerprint density at radius 1 is 1.71 bits per heavy atom. The molecule has 1 heterocycles. The van der Waals surface area contributed by atoms with Crippen molar-refractivity contribution in [3.05, 3.63) is 0 Å². The zero-order valence-corrected chi connectivity index (χ0v) is 8.37. The van der Waals surface area contributed by atoms with Gasteiger partial charge in [0.25, 0.3) is 5.24 Å². The Kier molecular flexibility index (Phi) is 3.48. The monoisotopic (exact) mass is 218 g/mol. The van der Waals surface area contributed by atoms with E-state index in [1.165, 1.54) is 7.11 Å². The van der Waals surface area contributed by atoms with Gasteiger partial charge in [-0.3, -0.25) is 19.3 Å². The summed E-state index contributed by atoms with van der Waals surface area (Å²) in [5.74, 6) is -0.839. The second-order valence-electron chi connectivity index (χ2n) is 2.69. The molecule has 0 aromatic heterocycles. The number of thioether (sulfide) groups is 1. The molecule has 0 aromatic rings. The first-order valence-corrected chi connectivity index (χ1v) is 4.85. The number of rotatable bonds is 3. The van der Waals surface area contributed by atoms with Crippen molar-refractivity contribution in [1.82, 2.24) is 4.90 Å². The van der Waals surface area contributed by atoms with E-state index in [4.69, 9.17) is 5.73 Å². The number of carbonyl (C=O) groups is 3. The normalized spacial score (nSPS) is 18.6. The molecule has 1 rings (SSSR count). The van der Waals surface area contributed by atoms with Gasteiger partial charge in [-0.15, -0.1) is 0 Å². The number of hydrogen-bond acceptors (Lipinski definition) is 6. The van der Waals surface area contributed by atoms with Crippen LogP contribution < -0.4 is 5.73 Å². The summed E-state index contributed by atoms with van der Waals surface area (Å²) in [5.41, 5.74) is 5.40. The van der Waals surface area contributed by atoms with E-state index in [9.17, 15) is 14.4 Å². The van der Waals surface area contributed by atoms with Crippen molar-refractivity contribution in [3.63, 3.8) is 0 Å². The molecule has 0 saturated carbocycles. The first-order chi connectivity index (χ1) is 6.56. The molecule has 2 N–H and O–H groups in total. The Bertz CT molecular complexity index is 265. The number of hydrogen-bond donors (Lipinski definition) is 1. The van der Waals surface area contributed by atoms with Crippen LogP contribution in [-0.4, -0.2) is 47.5 Å². The summed E-state index contributed by atoms with van der Waals surface area (Å²) in [7, 11) is 1.20. The lowest BCUT2D eigenvalue weighted by molar-refractivity contribution is -0.142.